The van der Waals surface area contributed by atoms with Crippen LogP contribution in [0.1, 0.15) is 26.2 Å². The third-order valence-electron chi connectivity index (χ3n) is 2.37. The van der Waals surface area contributed by atoms with Gasteiger partial charge in [0, 0.05) is 6.54 Å². The number of nitrogens with one attached hydrogen (secondary N) is 1. The van der Waals surface area contributed by atoms with Crippen molar-refractivity contribution in [2.75, 3.05) is 18.6 Å². The standard InChI is InChI=1S/C10H19F3N2OS/c1-9(14,10(11,12)13)8(16)15-6-4-3-5-7-17-2/h3-7,14H2,1-2H3,(H,15,16). The van der Waals surface area contributed by atoms with Gasteiger partial charge in [0.05, 0.1) is 0 Å². The number of hydrogen-bond acceptors (Lipinski definition) is 3. The molecule has 17 heavy (non-hydrogen) atoms. The summed E-state index contributed by atoms with van der Waals surface area (Å²) in [7, 11) is 0. The zero-order valence-electron chi connectivity index (χ0n) is 10.1. The third kappa shape index (κ3) is 5.63. The molecule has 0 spiro atoms. The SMILES string of the molecule is CSCCCCCNC(=O)C(C)(N)C(F)(F)F. The van der Waals surface area contributed by atoms with E-state index in [1.54, 1.807) is 11.8 Å². The van der Waals surface area contributed by atoms with E-state index in [0.717, 1.165) is 18.6 Å². The maximum atomic E-state index is 12.4. The van der Waals surface area contributed by atoms with E-state index in [0.29, 0.717) is 13.3 Å². The molecule has 1 unspecified atom stereocenters. The molecule has 0 fully saturated rings. The van der Waals surface area contributed by atoms with Crippen LogP contribution in [-0.2, 0) is 4.79 Å². The third-order valence-corrected chi connectivity index (χ3v) is 3.07. The molecule has 0 aromatic heterocycles. The van der Waals surface area contributed by atoms with Gasteiger partial charge >= 0.3 is 6.18 Å². The molecule has 1 atom stereocenters. The van der Waals surface area contributed by atoms with Crippen molar-refractivity contribution < 1.29 is 18.0 Å². The zero-order chi connectivity index (χ0) is 13.5. The number of thioether (sulfide) groups is 1. The van der Waals surface area contributed by atoms with Crippen molar-refractivity contribution in [1.29, 1.82) is 0 Å². The normalized spacial score (nSPS) is 15.4. The van der Waals surface area contributed by atoms with Gasteiger partial charge in [-0.15, -0.1) is 0 Å². The molecule has 0 aromatic carbocycles. The van der Waals surface area contributed by atoms with E-state index in [-0.39, 0.29) is 6.54 Å². The second-order valence-electron chi connectivity index (χ2n) is 4.01. The van der Waals surface area contributed by atoms with E-state index in [2.05, 4.69) is 5.32 Å². The maximum Gasteiger partial charge on any atom is 0.415 e. The van der Waals surface area contributed by atoms with E-state index < -0.39 is 17.6 Å². The zero-order valence-corrected chi connectivity index (χ0v) is 10.9. The van der Waals surface area contributed by atoms with Crippen molar-refractivity contribution >= 4 is 17.7 Å². The smallest absolute Gasteiger partial charge is 0.354 e. The highest BCUT2D eigenvalue weighted by atomic mass is 32.2. The number of carbonyl (C=O) groups is 1. The number of hydrogen-bond donors (Lipinski definition) is 2. The summed E-state index contributed by atoms with van der Waals surface area (Å²) in [4.78, 5) is 11.2. The molecule has 0 aliphatic rings. The van der Waals surface area contributed by atoms with Crippen LogP contribution in [0.3, 0.4) is 0 Å². The number of carbonyl (C=O) groups excluding carboxylic acids is 1. The lowest BCUT2D eigenvalue weighted by Gasteiger charge is -2.26. The number of unbranched alkanes of at least 4 members (excludes halogenated alkanes) is 2. The Morgan fingerprint density at radius 1 is 1.29 bits per heavy atom. The van der Waals surface area contributed by atoms with E-state index in [1.807, 2.05) is 6.26 Å². The summed E-state index contributed by atoms with van der Waals surface area (Å²) in [6.07, 6.45) is -0.189. The number of nitrogens with two attached hydrogens (primary N) is 1. The van der Waals surface area contributed by atoms with Gasteiger partial charge in [0.25, 0.3) is 0 Å². The van der Waals surface area contributed by atoms with Crippen molar-refractivity contribution in [1.82, 2.24) is 5.32 Å². The van der Waals surface area contributed by atoms with Gasteiger partial charge in [0.2, 0.25) is 5.91 Å². The summed E-state index contributed by atoms with van der Waals surface area (Å²) in [6, 6.07) is 0. The Hall–Kier alpha value is -0.430. The summed E-state index contributed by atoms with van der Waals surface area (Å²) >= 11 is 1.72. The molecule has 3 nitrogen and oxygen atoms in total. The fourth-order valence-electron chi connectivity index (χ4n) is 1.06. The van der Waals surface area contributed by atoms with Gasteiger partial charge < -0.3 is 11.1 Å². The van der Waals surface area contributed by atoms with Crippen molar-refractivity contribution in [3.63, 3.8) is 0 Å². The Balaban J connectivity index is 3.87. The van der Waals surface area contributed by atoms with Crippen LogP contribution in [-0.4, -0.2) is 36.2 Å². The molecule has 3 N–H and O–H groups in total. The van der Waals surface area contributed by atoms with Crippen molar-refractivity contribution in [3.8, 4) is 0 Å². The number of halogens is 3. The van der Waals surface area contributed by atoms with Crippen LogP contribution in [0.25, 0.3) is 0 Å². The molecule has 0 aromatic rings. The Morgan fingerprint density at radius 2 is 1.88 bits per heavy atom. The van der Waals surface area contributed by atoms with Crippen LogP contribution in [0.2, 0.25) is 0 Å². The highest BCUT2D eigenvalue weighted by Crippen LogP contribution is 2.27. The summed E-state index contributed by atoms with van der Waals surface area (Å²) in [5, 5.41) is 2.22. The molecule has 0 aliphatic heterocycles. The highest BCUT2D eigenvalue weighted by Gasteiger charge is 2.53. The van der Waals surface area contributed by atoms with Crippen LogP contribution >= 0.6 is 11.8 Å². The van der Waals surface area contributed by atoms with E-state index >= 15 is 0 Å². The second-order valence-corrected chi connectivity index (χ2v) is 5.00. The monoisotopic (exact) mass is 272 g/mol. The minimum absolute atomic E-state index is 0.232. The molecule has 0 heterocycles. The van der Waals surface area contributed by atoms with Crippen LogP contribution in [0, 0.1) is 0 Å². The molecule has 0 saturated carbocycles. The summed E-state index contributed by atoms with van der Waals surface area (Å²) in [6.45, 7) is 0.909. The fraction of sp³-hybridized carbons (Fsp3) is 0.900. The molecular weight excluding hydrogens is 253 g/mol. The predicted molar refractivity (Wildman–Crippen MR) is 63.9 cm³/mol. The van der Waals surface area contributed by atoms with Crippen LogP contribution in [0.5, 0.6) is 0 Å². The van der Waals surface area contributed by atoms with Gasteiger partial charge in [-0.2, -0.15) is 24.9 Å². The first-order chi connectivity index (χ1) is 7.73. The number of alkyl halides is 3. The molecule has 1 amide bonds. The quantitative estimate of drug-likeness (QED) is 0.696. The van der Waals surface area contributed by atoms with E-state index in [4.69, 9.17) is 5.73 Å². The summed E-state index contributed by atoms with van der Waals surface area (Å²) in [5.41, 5.74) is 2.15. The molecule has 0 rings (SSSR count). The lowest BCUT2D eigenvalue weighted by Crippen LogP contribution is -2.61. The van der Waals surface area contributed by atoms with Crippen molar-refractivity contribution in [3.05, 3.63) is 0 Å². The van der Waals surface area contributed by atoms with E-state index in [9.17, 15) is 18.0 Å². The average molecular weight is 272 g/mol. The van der Waals surface area contributed by atoms with Crippen LogP contribution in [0.4, 0.5) is 13.2 Å². The van der Waals surface area contributed by atoms with Gasteiger partial charge in [0.1, 0.15) is 0 Å². The molecule has 0 bridgehead atoms. The molecular formula is C10H19F3N2OS. The minimum Gasteiger partial charge on any atom is -0.354 e. The number of amides is 1. The summed E-state index contributed by atoms with van der Waals surface area (Å²) in [5.74, 6) is -0.152. The lowest BCUT2D eigenvalue weighted by molar-refractivity contribution is -0.187. The van der Waals surface area contributed by atoms with Crippen LogP contribution < -0.4 is 11.1 Å². The molecule has 0 aliphatic carbocycles. The Kier molecular flexibility index (Phi) is 6.92. The van der Waals surface area contributed by atoms with Gasteiger partial charge in [-0.05, 0) is 31.8 Å². The van der Waals surface area contributed by atoms with Gasteiger partial charge in [-0.25, -0.2) is 0 Å². The second kappa shape index (κ2) is 7.10. The molecule has 102 valence electrons. The maximum absolute atomic E-state index is 12.4. The molecule has 7 heteroatoms. The van der Waals surface area contributed by atoms with Crippen LogP contribution in [0.15, 0.2) is 0 Å². The fourth-order valence-corrected chi connectivity index (χ4v) is 1.56. The first kappa shape index (κ1) is 16.6. The first-order valence-corrected chi connectivity index (χ1v) is 6.75. The van der Waals surface area contributed by atoms with Gasteiger partial charge in [-0.1, -0.05) is 6.42 Å². The van der Waals surface area contributed by atoms with E-state index in [1.165, 1.54) is 0 Å². The lowest BCUT2D eigenvalue weighted by atomic mass is 10.0. The predicted octanol–water partition coefficient (Wildman–Crippen LogP) is 1.92. The Labute approximate surface area is 104 Å². The molecule has 0 saturated heterocycles. The largest absolute Gasteiger partial charge is 0.415 e. The summed E-state index contributed by atoms with van der Waals surface area (Å²) < 4.78 is 37.1. The first-order valence-electron chi connectivity index (χ1n) is 5.36. The van der Waals surface area contributed by atoms with Gasteiger partial charge in [0.15, 0.2) is 5.54 Å². The molecule has 0 radical (unpaired) electrons. The average Bonchev–Trinajstić information content (AvgIpc) is 2.21. The van der Waals surface area contributed by atoms with Crippen molar-refractivity contribution in [2.45, 2.75) is 37.9 Å². The number of rotatable bonds is 7. The Bertz CT molecular complexity index is 244. The highest BCUT2D eigenvalue weighted by molar-refractivity contribution is 7.98. The van der Waals surface area contributed by atoms with Crippen molar-refractivity contribution in [2.24, 2.45) is 5.73 Å². The van der Waals surface area contributed by atoms with Gasteiger partial charge in [-0.3, -0.25) is 4.79 Å². The Morgan fingerprint density at radius 3 is 2.35 bits per heavy atom. The topological polar surface area (TPSA) is 55.1 Å². The minimum atomic E-state index is -4.73.